The molecular weight excluding hydrogens is 224 g/mol. The van der Waals surface area contributed by atoms with Crippen LogP contribution in [0.25, 0.3) is 0 Å². The van der Waals surface area contributed by atoms with Crippen molar-refractivity contribution in [3.63, 3.8) is 0 Å². The first kappa shape index (κ1) is 13.9. The van der Waals surface area contributed by atoms with Crippen molar-refractivity contribution < 1.29 is 19.8 Å². The number of carboxylic acid groups (broad SMARTS) is 1. The molecule has 0 aromatic heterocycles. The molecule has 2 atom stereocenters. The molecule has 4 N–H and O–H groups in total. The van der Waals surface area contributed by atoms with E-state index in [1.165, 1.54) is 0 Å². The van der Waals surface area contributed by atoms with Gasteiger partial charge in [0, 0.05) is 6.54 Å². The molecule has 1 aliphatic heterocycles. The van der Waals surface area contributed by atoms with Crippen LogP contribution in [0.3, 0.4) is 0 Å². The van der Waals surface area contributed by atoms with E-state index in [1.807, 2.05) is 6.92 Å². The second-order valence-corrected chi connectivity index (χ2v) is 5.10. The molecule has 0 saturated carbocycles. The van der Waals surface area contributed by atoms with Gasteiger partial charge in [0.25, 0.3) is 0 Å². The zero-order valence-corrected chi connectivity index (χ0v) is 10.2. The van der Waals surface area contributed by atoms with Gasteiger partial charge in [0.15, 0.2) is 5.60 Å². The van der Waals surface area contributed by atoms with Crippen LogP contribution in [0, 0.1) is 5.41 Å². The Bertz CT molecular complexity index is 309. The topological polar surface area (TPSA) is 98.7 Å². The average molecular weight is 244 g/mol. The summed E-state index contributed by atoms with van der Waals surface area (Å²) in [6, 6.07) is 0. The maximum absolute atomic E-state index is 11.9. The van der Waals surface area contributed by atoms with E-state index in [-0.39, 0.29) is 12.5 Å². The summed E-state index contributed by atoms with van der Waals surface area (Å²) in [4.78, 5) is 22.6. The molecule has 2 unspecified atom stereocenters. The van der Waals surface area contributed by atoms with Gasteiger partial charge in [-0.3, -0.25) is 4.79 Å². The number of piperidine rings is 1. The maximum Gasteiger partial charge on any atom is 0.337 e. The summed E-state index contributed by atoms with van der Waals surface area (Å²) in [5.74, 6) is -1.56. The zero-order chi connectivity index (χ0) is 13.1. The number of nitrogens with one attached hydrogen (secondary N) is 2. The molecule has 1 heterocycles. The molecule has 1 rings (SSSR count). The quantitative estimate of drug-likeness (QED) is 0.525. The monoisotopic (exact) mass is 244 g/mol. The smallest absolute Gasteiger partial charge is 0.337 e. The Morgan fingerprint density at radius 3 is 2.65 bits per heavy atom. The van der Waals surface area contributed by atoms with Crippen molar-refractivity contribution in [2.75, 3.05) is 19.6 Å². The minimum Gasteiger partial charge on any atom is -0.479 e. The number of aliphatic hydroxyl groups is 1. The van der Waals surface area contributed by atoms with Crippen LogP contribution >= 0.6 is 0 Å². The summed E-state index contributed by atoms with van der Waals surface area (Å²) in [6.45, 7) is 4.20. The van der Waals surface area contributed by atoms with Gasteiger partial charge in [0.05, 0.1) is 12.0 Å². The van der Waals surface area contributed by atoms with Gasteiger partial charge in [-0.15, -0.1) is 0 Å². The maximum atomic E-state index is 11.9. The lowest BCUT2D eigenvalue weighted by Crippen LogP contribution is -2.53. The van der Waals surface area contributed by atoms with Crippen LogP contribution in [0.4, 0.5) is 0 Å². The highest BCUT2D eigenvalue weighted by molar-refractivity contribution is 5.84. The lowest BCUT2D eigenvalue weighted by atomic mass is 9.82. The Labute approximate surface area is 100 Å². The van der Waals surface area contributed by atoms with Crippen LogP contribution in [-0.2, 0) is 9.59 Å². The molecule has 1 amide bonds. The van der Waals surface area contributed by atoms with Crippen molar-refractivity contribution in [1.29, 1.82) is 0 Å². The number of carbonyl (C=O) groups excluding carboxylic acids is 1. The van der Waals surface area contributed by atoms with E-state index < -0.39 is 17.0 Å². The second kappa shape index (κ2) is 5.01. The summed E-state index contributed by atoms with van der Waals surface area (Å²) >= 11 is 0. The van der Waals surface area contributed by atoms with E-state index in [4.69, 9.17) is 5.11 Å². The van der Waals surface area contributed by atoms with Gasteiger partial charge >= 0.3 is 5.97 Å². The standard InChI is InChI=1S/C11H20N2O4/c1-10(4-3-5-12-6-10)8(14)13-7-11(2,17)9(15)16/h12,17H,3-7H2,1-2H3,(H,13,14)(H,15,16). The normalized spacial score (nSPS) is 28.2. The van der Waals surface area contributed by atoms with Crippen molar-refractivity contribution in [2.45, 2.75) is 32.3 Å². The Morgan fingerprint density at radius 1 is 1.53 bits per heavy atom. The van der Waals surface area contributed by atoms with E-state index in [9.17, 15) is 14.7 Å². The third-order valence-electron chi connectivity index (χ3n) is 3.20. The average Bonchev–Trinajstić information content (AvgIpc) is 2.26. The van der Waals surface area contributed by atoms with Crippen molar-refractivity contribution >= 4 is 11.9 Å². The molecule has 1 saturated heterocycles. The fourth-order valence-corrected chi connectivity index (χ4v) is 1.79. The summed E-state index contributed by atoms with van der Waals surface area (Å²) in [6.07, 6.45) is 1.68. The van der Waals surface area contributed by atoms with Gasteiger partial charge in [-0.2, -0.15) is 0 Å². The minimum atomic E-state index is -1.92. The molecule has 0 aliphatic carbocycles. The first-order valence-corrected chi connectivity index (χ1v) is 5.73. The van der Waals surface area contributed by atoms with Gasteiger partial charge in [0.2, 0.25) is 5.91 Å². The van der Waals surface area contributed by atoms with Crippen LogP contribution in [0.15, 0.2) is 0 Å². The third kappa shape index (κ3) is 3.41. The molecular formula is C11H20N2O4. The van der Waals surface area contributed by atoms with Crippen LogP contribution in [0.2, 0.25) is 0 Å². The van der Waals surface area contributed by atoms with E-state index in [2.05, 4.69) is 10.6 Å². The molecule has 0 aromatic rings. The number of aliphatic carboxylic acids is 1. The predicted molar refractivity (Wildman–Crippen MR) is 61.5 cm³/mol. The first-order chi connectivity index (χ1) is 7.78. The van der Waals surface area contributed by atoms with E-state index in [0.717, 1.165) is 26.3 Å². The zero-order valence-electron chi connectivity index (χ0n) is 10.2. The molecule has 98 valence electrons. The Kier molecular flexibility index (Phi) is 4.11. The SMILES string of the molecule is CC(O)(CNC(=O)C1(C)CCCNC1)C(=O)O. The van der Waals surface area contributed by atoms with Gasteiger partial charge in [-0.1, -0.05) is 0 Å². The molecule has 6 heteroatoms. The molecule has 0 bridgehead atoms. The largest absolute Gasteiger partial charge is 0.479 e. The van der Waals surface area contributed by atoms with Crippen LogP contribution in [-0.4, -0.2) is 47.3 Å². The van der Waals surface area contributed by atoms with E-state index in [0.29, 0.717) is 6.54 Å². The first-order valence-electron chi connectivity index (χ1n) is 5.73. The number of hydrogen-bond acceptors (Lipinski definition) is 4. The highest BCUT2D eigenvalue weighted by Crippen LogP contribution is 2.25. The van der Waals surface area contributed by atoms with Crippen molar-refractivity contribution in [1.82, 2.24) is 10.6 Å². The summed E-state index contributed by atoms with van der Waals surface area (Å²) in [5.41, 5.74) is -2.44. The van der Waals surface area contributed by atoms with Gasteiger partial charge in [-0.25, -0.2) is 4.79 Å². The molecule has 1 aliphatic rings. The third-order valence-corrected chi connectivity index (χ3v) is 3.20. The Balaban J connectivity index is 2.52. The lowest BCUT2D eigenvalue weighted by molar-refractivity contribution is -0.156. The lowest BCUT2D eigenvalue weighted by Gasteiger charge is -2.33. The highest BCUT2D eigenvalue weighted by Gasteiger charge is 2.37. The summed E-state index contributed by atoms with van der Waals surface area (Å²) in [7, 11) is 0. The number of carbonyl (C=O) groups is 2. The summed E-state index contributed by atoms with van der Waals surface area (Å²) < 4.78 is 0. The highest BCUT2D eigenvalue weighted by atomic mass is 16.4. The summed E-state index contributed by atoms with van der Waals surface area (Å²) in [5, 5.41) is 23.8. The molecule has 0 radical (unpaired) electrons. The number of carboxylic acids is 1. The van der Waals surface area contributed by atoms with Crippen LogP contribution in [0.5, 0.6) is 0 Å². The van der Waals surface area contributed by atoms with Crippen LogP contribution in [0.1, 0.15) is 26.7 Å². The Hall–Kier alpha value is -1.14. The van der Waals surface area contributed by atoms with Gasteiger partial charge in [-0.05, 0) is 33.2 Å². The van der Waals surface area contributed by atoms with E-state index >= 15 is 0 Å². The van der Waals surface area contributed by atoms with Crippen molar-refractivity contribution in [3.05, 3.63) is 0 Å². The van der Waals surface area contributed by atoms with Gasteiger partial charge < -0.3 is 20.8 Å². The second-order valence-electron chi connectivity index (χ2n) is 5.10. The fourth-order valence-electron chi connectivity index (χ4n) is 1.79. The van der Waals surface area contributed by atoms with Crippen molar-refractivity contribution in [3.8, 4) is 0 Å². The van der Waals surface area contributed by atoms with Crippen LogP contribution < -0.4 is 10.6 Å². The molecule has 0 spiro atoms. The number of amides is 1. The number of hydrogen-bond donors (Lipinski definition) is 4. The molecule has 17 heavy (non-hydrogen) atoms. The predicted octanol–water partition coefficient (Wildman–Crippen LogP) is -0.672. The van der Waals surface area contributed by atoms with Gasteiger partial charge in [0.1, 0.15) is 0 Å². The van der Waals surface area contributed by atoms with E-state index in [1.54, 1.807) is 0 Å². The molecule has 0 aromatic carbocycles. The molecule has 1 fully saturated rings. The molecule has 6 nitrogen and oxygen atoms in total. The Morgan fingerprint density at radius 2 is 2.18 bits per heavy atom. The fraction of sp³-hybridized carbons (Fsp3) is 0.818. The minimum absolute atomic E-state index is 0.216. The number of rotatable bonds is 4. The van der Waals surface area contributed by atoms with Crippen molar-refractivity contribution in [2.24, 2.45) is 5.41 Å².